The Balaban J connectivity index is 1.07. The number of para-hydroxylation sites is 2. The van der Waals surface area contributed by atoms with Crippen molar-refractivity contribution in [1.29, 1.82) is 0 Å². The van der Waals surface area contributed by atoms with Crippen LogP contribution in [0.25, 0.3) is 21.8 Å². The Morgan fingerprint density at radius 1 is 0.543 bits per heavy atom. The molecule has 18 N–H and O–H groups in total. The number of H-pyrrole nitrogens is 3. The highest BCUT2D eigenvalue weighted by Gasteiger charge is 2.46. The number of amides is 16. The van der Waals surface area contributed by atoms with E-state index in [2.05, 4.69) is 73.1 Å². The van der Waals surface area contributed by atoms with Crippen molar-refractivity contribution in [2.24, 2.45) is 11.7 Å². The minimum atomic E-state index is -1.87. The number of aliphatic hydroxyl groups excluding tert-OH is 1. The SMILES string of the molecule is CCCC[C@H]1C(=O)N(C)[C@@H](CCCC)C(=O)N[C@@H](C)C(=O)N[C@H](C(=O)NCC(N)=O)CSCC(=O)N[C@@H](Cc2ccc(O)cc2)C(=O)N(C)[C@@H](C)C(=O)N[C@@H](CC(=O)O)C(=O)N2CCC[C@H]2C(=O)N[C@@H](Cc2cnc[nH]2)C(=O)N[C@@H](CC(C)C)C(=O)N2CCC[C@H]2C(=O)N[C@@H](Cc2c[nH]c3ccccc23)C(=O)N[C@@H](CO)C(=O)N[C@@H](Cc2c[nH]c3ccccc23)C(=O)N1C. The van der Waals surface area contributed by atoms with E-state index >= 15 is 33.6 Å². The smallest absolute Gasteiger partial charge is 0.305 e. The van der Waals surface area contributed by atoms with Gasteiger partial charge in [-0.25, -0.2) is 4.98 Å². The molecule has 40 nitrogen and oxygen atoms in total. The van der Waals surface area contributed by atoms with Crippen molar-refractivity contribution in [3.8, 4) is 5.75 Å². The summed E-state index contributed by atoms with van der Waals surface area (Å²) in [6, 6.07) is -1.21. The van der Waals surface area contributed by atoms with Crippen molar-refractivity contribution in [1.82, 2.24) is 97.6 Å². The summed E-state index contributed by atoms with van der Waals surface area (Å²) in [7, 11) is 3.94. The van der Waals surface area contributed by atoms with Crippen LogP contribution in [0.4, 0.5) is 0 Å². The number of hydrogen-bond donors (Lipinski definition) is 17. The first-order chi connectivity index (χ1) is 61.5. The van der Waals surface area contributed by atoms with Crippen LogP contribution in [0.5, 0.6) is 5.75 Å². The van der Waals surface area contributed by atoms with Gasteiger partial charge in [0.1, 0.15) is 90.3 Å². The summed E-state index contributed by atoms with van der Waals surface area (Å²) in [6.45, 7) is 7.96. The molecule has 0 radical (unpaired) electrons. The summed E-state index contributed by atoms with van der Waals surface area (Å²) in [6.07, 6.45) is 6.33. The van der Waals surface area contributed by atoms with Crippen molar-refractivity contribution >= 4 is 134 Å². The number of imidazole rings is 1. The molecule has 3 aromatic carbocycles. The number of aliphatic carboxylic acids is 1. The molecule has 16 amide bonds. The second-order valence-corrected chi connectivity index (χ2v) is 34.4. The summed E-state index contributed by atoms with van der Waals surface area (Å²) in [5.74, 6) is -17.3. The maximum absolute atomic E-state index is 15.6. The number of carboxylic acids is 1. The molecule has 0 unspecified atom stereocenters. The van der Waals surface area contributed by atoms with E-state index < -0.39 is 216 Å². The zero-order valence-electron chi connectivity index (χ0n) is 73.9. The molecule has 6 heterocycles. The van der Waals surface area contributed by atoms with E-state index in [4.69, 9.17) is 5.73 Å². The quantitative estimate of drug-likeness (QED) is 0.0406. The van der Waals surface area contributed by atoms with Crippen LogP contribution in [0.1, 0.15) is 141 Å². The summed E-state index contributed by atoms with van der Waals surface area (Å²) in [4.78, 5) is 266. The van der Waals surface area contributed by atoms with Gasteiger partial charge in [0.05, 0.1) is 31.7 Å². The number of phenols is 1. The van der Waals surface area contributed by atoms with Gasteiger partial charge in [-0.2, -0.15) is 0 Å². The van der Waals surface area contributed by atoms with E-state index in [9.17, 15) is 63.3 Å². The number of phenolic OH excluding ortho intramolecular Hbond substituents is 1. The van der Waals surface area contributed by atoms with Gasteiger partial charge in [0.25, 0.3) is 0 Å². The zero-order valence-corrected chi connectivity index (χ0v) is 74.7. The zero-order chi connectivity index (χ0) is 94.0. The number of aromatic hydroxyl groups is 1. The Labute approximate surface area is 750 Å². The molecular weight excluding hydrogens is 1690 g/mol. The number of thioether (sulfide) groups is 1. The number of aromatic amines is 3. The highest BCUT2D eigenvalue weighted by atomic mass is 32.2. The summed E-state index contributed by atoms with van der Waals surface area (Å²) < 4.78 is 0. The summed E-state index contributed by atoms with van der Waals surface area (Å²) in [5.41, 5.74) is 8.53. The van der Waals surface area contributed by atoms with Gasteiger partial charge in [-0.3, -0.25) is 81.5 Å². The first-order valence-electron chi connectivity index (χ1n) is 43.5. The van der Waals surface area contributed by atoms with Gasteiger partial charge in [-0.05, 0) is 106 Å². The summed E-state index contributed by atoms with van der Waals surface area (Å²) >= 11 is 0.779. The average molecular weight is 1810 g/mol. The lowest BCUT2D eigenvalue weighted by Gasteiger charge is -2.36. The molecule has 0 aliphatic carbocycles. The van der Waals surface area contributed by atoms with Crippen molar-refractivity contribution < 1.29 is 96.8 Å². The number of carbonyl (C=O) groups excluding carboxylic acids is 16. The van der Waals surface area contributed by atoms with E-state index in [0.717, 1.165) is 26.5 Å². The number of aliphatic hydroxyl groups is 1. The van der Waals surface area contributed by atoms with Crippen LogP contribution in [0.15, 0.2) is 97.7 Å². The second kappa shape index (κ2) is 47.2. The van der Waals surface area contributed by atoms with Crippen molar-refractivity contribution in [2.75, 3.05) is 58.9 Å². The average Bonchev–Trinajstić information content (AvgIpc) is 1.76. The highest BCUT2D eigenvalue weighted by Crippen LogP contribution is 2.28. The molecule has 698 valence electrons. The Hall–Kier alpha value is -13.0. The number of nitrogens with one attached hydrogen (secondary N) is 13. The molecule has 3 aliphatic rings. The van der Waals surface area contributed by atoms with Crippen molar-refractivity contribution in [3.63, 3.8) is 0 Å². The molecule has 3 aromatic heterocycles. The predicted octanol–water partition coefficient (Wildman–Crippen LogP) is -0.544. The molecule has 3 saturated heterocycles. The van der Waals surface area contributed by atoms with Gasteiger partial charge in [0, 0.05) is 112 Å². The number of rotatable bonds is 22. The molecule has 0 spiro atoms. The Kier molecular flexibility index (Phi) is 36.5. The number of benzene rings is 3. The largest absolute Gasteiger partial charge is 0.508 e. The molecule has 14 atom stereocenters. The first kappa shape index (κ1) is 99.8. The van der Waals surface area contributed by atoms with Crippen LogP contribution in [0.2, 0.25) is 0 Å². The number of nitrogens with zero attached hydrogens (tertiary/aromatic N) is 6. The number of unbranched alkanes of at least 4 members (excludes halogenated alkanes) is 2. The molecular formula is C88H120N20O20S. The van der Waals surface area contributed by atoms with Gasteiger partial charge in [-0.1, -0.05) is 102 Å². The van der Waals surface area contributed by atoms with Crippen LogP contribution in [-0.4, -0.2) is 304 Å². The fraction of sp³-hybridized carbons (Fsp3) is 0.523. The van der Waals surface area contributed by atoms with E-state index in [-0.39, 0.29) is 95.4 Å². The number of nitrogens with two attached hydrogens (primary N) is 1. The number of hydrogen-bond acceptors (Lipinski definition) is 21. The normalized spacial score (nSPS) is 24.8. The maximum atomic E-state index is 15.6. The molecule has 41 heteroatoms. The molecule has 3 aliphatic heterocycles. The number of aromatic nitrogens is 4. The van der Waals surface area contributed by atoms with Gasteiger partial charge < -0.3 is 114 Å². The lowest BCUT2D eigenvalue weighted by molar-refractivity contribution is -0.149. The molecule has 129 heavy (non-hydrogen) atoms. The van der Waals surface area contributed by atoms with Gasteiger partial charge in [0.2, 0.25) is 94.5 Å². The monoisotopic (exact) mass is 1810 g/mol. The highest BCUT2D eigenvalue weighted by molar-refractivity contribution is 8.00. The third kappa shape index (κ3) is 27.1. The standard InChI is InChI=1S/C88H120N20O20S/c1-10-12-24-68-81(121)95-49(5)75(115)103-67(77(117)93-43-72(89)111)45-129-46-73(112)96-63(35-51-28-30-55(110)31-29-51)84(124)104(7)50(6)76(116)99-65(39-74(113)114)87(127)108-33-19-27-70(108)83(123)98-61(38-54-42-90-47-94-54)79(119)100-62(34-48(3)4)86(126)107-32-18-26-69(107)82(122)97-60(36-52-40-91-58-22-16-14-20-56(52)58)78(118)102-66(44-109)80(120)101-64(37-53-41-92-59-23-17-15-21-57(53)59)85(125)106(9)71(25-13-11-2)88(128)105(68)8/h14-17,20-23,28-31,40-42,47-50,60-71,91-92,109-110H,10-13,18-19,24-27,32-39,43-46H2,1-9H3,(H2,89,111)(H,90,94)(H,93,117)(H,95,121)(H,96,112)(H,97,122)(H,98,123)(H,99,116)(H,100,119)(H,101,120)(H,102,118)(H,103,115)(H,113,114)/t49-,50-,60-,61-,62-,63-,64-,65-,66-,67-,68-,69-,70-,71-/m0/s1. The van der Waals surface area contributed by atoms with E-state index in [1.807, 2.05) is 13.8 Å². The molecule has 3 fully saturated rings. The summed E-state index contributed by atoms with van der Waals surface area (Å²) in [5, 5.41) is 59.3. The van der Waals surface area contributed by atoms with Gasteiger partial charge in [0.15, 0.2) is 0 Å². The first-order valence-corrected chi connectivity index (χ1v) is 44.6. The van der Waals surface area contributed by atoms with Crippen LogP contribution in [0, 0.1) is 5.92 Å². The van der Waals surface area contributed by atoms with Gasteiger partial charge >= 0.3 is 5.97 Å². The third-order valence-electron chi connectivity index (χ3n) is 23.4. The van der Waals surface area contributed by atoms with Crippen LogP contribution < -0.4 is 58.9 Å². The van der Waals surface area contributed by atoms with E-state index in [1.165, 1.54) is 81.6 Å². The van der Waals surface area contributed by atoms with Crippen LogP contribution >= 0.6 is 11.8 Å². The Morgan fingerprint density at radius 2 is 1.05 bits per heavy atom. The van der Waals surface area contributed by atoms with Gasteiger partial charge in [-0.15, -0.1) is 11.8 Å². The van der Waals surface area contributed by atoms with Crippen LogP contribution in [-0.2, 0) is 107 Å². The lowest BCUT2D eigenvalue weighted by atomic mass is 10.00. The fourth-order valence-corrected chi connectivity index (χ4v) is 17.0. The van der Waals surface area contributed by atoms with E-state index in [1.54, 1.807) is 74.8 Å². The topological polar surface area (TPSA) is 574 Å². The Bertz CT molecular complexity index is 5000. The molecule has 9 rings (SSSR count). The number of carbonyl (C=O) groups is 17. The third-order valence-corrected chi connectivity index (χ3v) is 24.4. The minimum absolute atomic E-state index is 0.00443. The van der Waals surface area contributed by atoms with Crippen molar-refractivity contribution in [3.05, 3.63) is 120 Å². The molecule has 6 aromatic rings. The number of primary amides is 1. The van der Waals surface area contributed by atoms with E-state index in [0.29, 0.717) is 69.9 Å². The second-order valence-electron chi connectivity index (χ2n) is 33.4. The minimum Gasteiger partial charge on any atom is -0.508 e. The number of likely N-dealkylation sites (N-methyl/N-ethyl adjacent to an activating group) is 3. The number of fused-ring (bicyclic) bond motifs is 4. The predicted molar refractivity (Wildman–Crippen MR) is 473 cm³/mol. The molecule has 0 saturated carbocycles. The Morgan fingerprint density at radius 3 is 1.60 bits per heavy atom. The fourth-order valence-electron chi connectivity index (χ4n) is 16.1. The van der Waals surface area contributed by atoms with Crippen molar-refractivity contribution in [2.45, 2.75) is 229 Å². The maximum Gasteiger partial charge on any atom is 0.305 e. The number of carboxylic acid groups (broad SMARTS) is 1. The van der Waals surface area contributed by atoms with Crippen LogP contribution in [0.3, 0.4) is 0 Å². The molecule has 0 bridgehead atoms. The lowest BCUT2D eigenvalue weighted by Crippen LogP contribution is -2.61.